The zero-order chi connectivity index (χ0) is 86.9. The van der Waals surface area contributed by atoms with Crippen molar-refractivity contribution in [2.75, 3.05) is 192 Å². The Morgan fingerprint density at radius 2 is 0.277 bits per heavy atom. The number of carbonyl (C=O) groups is 7. The number of carboxylic acids is 7. The topological polar surface area (TPSA) is 584 Å². The zero-order valence-electron chi connectivity index (χ0n) is 67.9. The summed E-state index contributed by atoms with van der Waals surface area (Å²) in [5, 5.41) is 69.4. The highest BCUT2D eigenvalue weighted by molar-refractivity contribution is 5.69. The molecule has 0 aromatic heterocycles. The largest absolute Gasteiger partial charge is 0.480 e. The Morgan fingerprint density at radius 3 is 0.361 bits per heavy atom. The summed E-state index contributed by atoms with van der Waals surface area (Å²) in [6, 6.07) is 0. The maximum atomic E-state index is 12.2. The summed E-state index contributed by atoms with van der Waals surface area (Å²) in [5.41, 5.74) is 0. The van der Waals surface area contributed by atoms with Crippen molar-refractivity contribution >= 4 is 41.8 Å². The summed E-state index contributed by atoms with van der Waals surface area (Å²) in [6.45, 7) is -10.7. The molecule has 0 aliphatic carbocycles. The van der Waals surface area contributed by atoms with E-state index in [-0.39, 0.29) is 0 Å². The lowest BCUT2D eigenvalue weighted by Gasteiger charge is -2.52. The van der Waals surface area contributed by atoms with E-state index in [4.69, 9.17) is 166 Å². The minimum atomic E-state index is -1.68. The number of carboxylic acid groups (broad SMARTS) is 7. The average Bonchev–Trinajstić information content (AvgIpc) is 0.801. The molecule has 21 fully saturated rings. The van der Waals surface area contributed by atoms with E-state index in [0.717, 1.165) is 0 Å². The summed E-state index contributed by atoms with van der Waals surface area (Å²) < 4.78 is 222. The van der Waals surface area contributed by atoms with Crippen molar-refractivity contribution in [1.29, 1.82) is 0 Å². The average molecular weight is 1740 g/mol. The Hall–Kier alpha value is -5.11. The quantitative estimate of drug-likeness (QED) is 0.0300. The lowest BCUT2D eigenvalue weighted by molar-refractivity contribution is -0.403. The number of rotatable bonds is 42. The van der Waals surface area contributed by atoms with Crippen molar-refractivity contribution in [3.05, 3.63) is 0 Å². The Bertz CT molecular complexity index is 2520. The van der Waals surface area contributed by atoms with Crippen molar-refractivity contribution in [2.24, 2.45) is 0 Å². The maximum absolute atomic E-state index is 12.2. The molecule has 0 aromatic carbocycles. The van der Waals surface area contributed by atoms with Gasteiger partial charge in [-0.05, 0) is 0 Å². The molecule has 14 bridgehead atoms. The van der Waals surface area contributed by atoms with Gasteiger partial charge in [-0.1, -0.05) is 0 Å². The van der Waals surface area contributed by atoms with Crippen LogP contribution in [0.4, 0.5) is 0 Å². The van der Waals surface area contributed by atoms with E-state index < -0.39 is 349 Å². The lowest BCUT2D eigenvalue weighted by atomic mass is 9.94. The van der Waals surface area contributed by atoms with Gasteiger partial charge in [0.15, 0.2) is 44.0 Å². The molecule has 0 aromatic rings. The Morgan fingerprint density at radius 1 is 0.176 bits per heavy atom. The van der Waals surface area contributed by atoms with Crippen LogP contribution in [0.25, 0.3) is 0 Å². The van der Waals surface area contributed by atoms with Crippen LogP contribution in [0.15, 0.2) is 0 Å². The van der Waals surface area contributed by atoms with Gasteiger partial charge in [-0.2, -0.15) is 0 Å². The summed E-state index contributed by atoms with van der Waals surface area (Å²) in [7, 11) is 17.6. The number of aliphatic carboxylic acids is 7. The van der Waals surface area contributed by atoms with Crippen molar-refractivity contribution < 1.29 is 235 Å². The van der Waals surface area contributed by atoms with Crippen LogP contribution in [-0.2, 0) is 199 Å². The Kier molecular flexibility index (Phi) is 40.9. The monoisotopic (exact) mass is 1740 g/mol. The van der Waals surface area contributed by atoms with Gasteiger partial charge in [-0.15, -0.1) is 0 Å². The molecule has 0 amide bonds. The van der Waals surface area contributed by atoms with E-state index in [9.17, 15) is 69.3 Å². The lowest BCUT2D eigenvalue weighted by Crippen LogP contribution is -2.69. The van der Waals surface area contributed by atoms with Gasteiger partial charge in [0.25, 0.3) is 0 Å². The molecule has 686 valence electrons. The first kappa shape index (κ1) is 99.3. The molecule has 49 heteroatoms. The van der Waals surface area contributed by atoms with Crippen molar-refractivity contribution in [2.45, 2.75) is 215 Å². The highest BCUT2D eigenvalue weighted by atomic mass is 16.8. The molecule has 35 atom stereocenters. The maximum Gasteiger partial charge on any atom is 0.329 e. The van der Waals surface area contributed by atoms with Gasteiger partial charge >= 0.3 is 41.8 Å². The third-order valence-electron chi connectivity index (χ3n) is 20.5. The second kappa shape index (κ2) is 49.0. The van der Waals surface area contributed by atoms with Gasteiger partial charge in [0, 0.05) is 99.5 Å². The zero-order valence-corrected chi connectivity index (χ0v) is 67.9. The number of ether oxygens (including phenoxy) is 35. The predicted molar refractivity (Wildman–Crippen MR) is 375 cm³/mol. The van der Waals surface area contributed by atoms with Gasteiger partial charge in [-0.3, -0.25) is 0 Å². The van der Waals surface area contributed by atoms with Crippen molar-refractivity contribution in [3.8, 4) is 0 Å². The van der Waals surface area contributed by atoms with Gasteiger partial charge in [0.2, 0.25) is 0 Å². The smallest absolute Gasteiger partial charge is 0.329 e. The molecular weight excluding hydrogens is 1620 g/mol. The fraction of sp³-hybridized carbons (Fsp3) is 0.900. The number of hydrogen-bond acceptors (Lipinski definition) is 42. The van der Waals surface area contributed by atoms with E-state index in [1.807, 2.05) is 0 Å². The standard InChI is InChI=1S/C70H112O49/c1-85-50-43-29(15-99-22-36(71)72)106-64(57(50)92-8)114-44-30(16-100-23-37(73)74)108-66(59(94-10)51(44)86-2)116-46-32(18-102-25-39(77)78)110-68(61(96-12)53(46)88-4)118-48-34(20-104-27-41(81)82)112-70(63(98-14)55(48)90-6)119-49-35(21-105-28-42(83)84)111-69(62(97-13)56(49)91-7)117-47-33(19-103-26-40(79)80)109-67(60(95-11)54(47)89-5)115-45-31(17-101-24-38(75)76)107-65(113-43)58(93-9)52(45)87-3/h29-35,43-70H,15-28H2,1-14H3,(H,71,72)(H,73,74)(H,75,76)(H,77,78)(H,79,80)(H,81,82)(H,83,84). The van der Waals surface area contributed by atoms with E-state index in [0.29, 0.717) is 0 Å². The molecule has 21 aliphatic rings. The van der Waals surface area contributed by atoms with Gasteiger partial charge in [0.05, 0.1) is 46.2 Å². The minimum absolute atomic E-state index is 0.630. The third kappa shape index (κ3) is 25.6. The van der Waals surface area contributed by atoms with Crippen molar-refractivity contribution in [3.63, 3.8) is 0 Å². The molecule has 49 nitrogen and oxygen atoms in total. The van der Waals surface area contributed by atoms with E-state index in [1.54, 1.807) is 0 Å². The summed E-state index contributed by atoms with van der Waals surface area (Å²) in [6.07, 6.45) is -52.6. The summed E-state index contributed by atoms with van der Waals surface area (Å²) in [4.78, 5) is 85.3. The van der Waals surface area contributed by atoms with Crippen LogP contribution >= 0.6 is 0 Å². The van der Waals surface area contributed by atoms with Crippen molar-refractivity contribution in [1.82, 2.24) is 0 Å². The second-order valence-electron chi connectivity index (χ2n) is 27.7. The minimum Gasteiger partial charge on any atom is -0.480 e. The van der Waals surface area contributed by atoms with Gasteiger partial charge < -0.3 is 202 Å². The SMILES string of the molecule is COC1C2OC(COCC(=O)O)C(OC3OC(COCC(=O)O)C(OC4OC(COCC(=O)O)C(OC5OC(COCC(=O)O)C(OC6OC(COCC(=O)O)C(OC7OC(COCC(=O)O)C(OC8OC(COCC(=O)O)C(O2)C(OC)C8OC)C(OC)C7OC)C(OC)C6OC)C(OC)C5OC)C(OC)C4OC)C(OC)C3OC)C1OC. The van der Waals surface area contributed by atoms with Gasteiger partial charge in [0.1, 0.15) is 217 Å². The molecule has 35 unspecified atom stereocenters. The first-order valence-electron chi connectivity index (χ1n) is 37.3. The first-order chi connectivity index (χ1) is 57.2. The van der Waals surface area contributed by atoms with Crippen LogP contribution in [0.5, 0.6) is 0 Å². The van der Waals surface area contributed by atoms with Crippen LogP contribution in [0.1, 0.15) is 0 Å². The predicted octanol–water partition coefficient (Wildman–Crippen LogP) is -5.31. The normalized spacial score (nSPS) is 39.8. The van der Waals surface area contributed by atoms with Crippen LogP contribution in [0.3, 0.4) is 0 Å². The second-order valence-corrected chi connectivity index (χ2v) is 27.7. The molecule has 21 saturated heterocycles. The van der Waals surface area contributed by atoms with E-state index in [2.05, 4.69) is 0 Å². The van der Waals surface area contributed by atoms with Crippen LogP contribution in [0.2, 0.25) is 0 Å². The number of methoxy groups -OCH3 is 14. The highest BCUT2D eigenvalue weighted by Gasteiger charge is 2.63. The van der Waals surface area contributed by atoms with Gasteiger partial charge in [-0.25, -0.2) is 33.6 Å². The number of hydrogen-bond donors (Lipinski definition) is 7. The third-order valence-corrected chi connectivity index (χ3v) is 20.5. The first-order valence-corrected chi connectivity index (χ1v) is 37.3. The fourth-order valence-corrected chi connectivity index (χ4v) is 15.5. The molecule has 21 rings (SSSR count). The fourth-order valence-electron chi connectivity index (χ4n) is 15.5. The molecule has 0 saturated carbocycles. The summed E-state index contributed by atoms with van der Waals surface area (Å²) >= 11 is 0. The van der Waals surface area contributed by atoms with E-state index >= 15 is 0 Å². The molecule has 7 N–H and O–H groups in total. The molecule has 0 spiro atoms. The van der Waals surface area contributed by atoms with Crippen LogP contribution in [0, 0.1) is 0 Å². The molecule has 21 heterocycles. The highest BCUT2D eigenvalue weighted by Crippen LogP contribution is 2.43. The van der Waals surface area contributed by atoms with Crippen LogP contribution < -0.4 is 0 Å². The molecule has 0 radical (unpaired) electrons. The molecule has 21 aliphatic heterocycles. The molecular formula is C70H112O49. The molecule has 119 heavy (non-hydrogen) atoms. The van der Waals surface area contributed by atoms with Crippen LogP contribution in [-0.4, -0.2) is 485 Å². The Labute approximate surface area is 682 Å². The Balaban J connectivity index is 1.32. The summed E-state index contributed by atoms with van der Waals surface area (Å²) in [5.74, 6) is -9.85. The van der Waals surface area contributed by atoms with E-state index in [1.165, 1.54) is 99.5 Å².